The van der Waals surface area contributed by atoms with E-state index < -0.39 is 11.9 Å². The zero-order chi connectivity index (χ0) is 13.0. The quantitative estimate of drug-likeness (QED) is 0.620. The van der Waals surface area contributed by atoms with Crippen LogP contribution in [-0.2, 0) is 9.59 Å². The largest absolute Gasteiger partial charge is 0.469 e. The summed E-state index contributed by atoms with van der Waals surface area (Å²) in [6.45, 7) is 4.77. The van der Waals surface area contributed by atoms with Crippen molar-refractivity contribution in [3.05, 3.63) is 7.05 Å². The minimum atomic E-state index is -0.419. The van der Waals surface area contributed by atoms with Gasteiger partial charge in [-0.1, -0.05) is 13.8 Å². The standard InChI is InChI=1S/C12H23N3O2/c1-8(2)7-9(14-3)12(17)15-6-4-5-10(15)11(13)16/h8-10H,3-7,14H2,1-2H3,(H2,13,16). The molecule has 1 saturated heterocycles. The summed E-state index contributed by atoms with van der Waals surface area (Å²) in [4.78, 5) is 25.1. The number of amides is 2. The monoisotopic (exact) mass is 241 g/mol. The Hall–Kier alpha value is -1.10. The van der Waals surface area contributed by atoms with Crippen LogP contribution in [0.25, 0.3) is 0 Å². The third kappa shape index (κ3) is 3.43. The molecule has 0 spiro atoms. The van der Waals surface area contributed by atoms with Crippen LogP contribution in [0, 0.1) is 13.0 Å². The second-order valence-corrected chi connectivity index (χ2v) is 5.06. The van der Waals surface area contributed by atoms with Gasteiger partial charge in [-0.3, -0.25) is 9.59 Å². The lowest BCUT2D eigenvalue weighted by Gasteiger charge is -2.27. The summed E-state index contributed by atoms with van der Waals surface area (Å²) in [5, 5.41) is 1.68. The average molecular weight is 241 g/mol. The van der Waals surface area contributed by atoms with Gasteiger partial charge in [0.2, 0.25) is 5.91 Å². The molecule has 2 atom stereocenters. The van der Waals surface area contributed by atoms with Gasteiger partial charge in [0.05, 0.1) is 0 Å². The molecule has 0 aromatic rings. The molecule has 4 N–H and O–H groups in total. The van der Waals surface area contributed by atoms with E-state index in [1.807, 2.05) is 0 Å². The van der Waals surface area contributed by atoms with Gasteiger partial charge < -0.3 is 16.0 Å². The van der Waals surface area contributed by atoms with Gasteiger partial charge in [0.1, 0.15) is 12.1 Å². The van der Waals surface area contributed by atoms with Crippen molar-refractivity contribution in [2.75, 3.05) is 6.54 Å². The molecule has 5 heteroatoms. The summed E-state index contributed by atoms with van der Waals surface area (Å²) in [6, 6.07) is -0.618. The van der Waals surface area contributed by atoms with Crippen molar-refractivity contribution in [3.63, 3.8) is 0 Å². The predicted octanol–water partition coefficient (Wildman–Crippen LogP) is -0.768. The Morgan fingerprint density at radius 3 is 2.65 bits per heavy atom. The first-order chi connectivity index (χ1) is 7.97. The highest BCUT2D eigenvalue weighted by Crippen LogP contribution is 2.18. The predicted molar refractivity (Wildman–Crippen MR) is 64.5 cm³/mol. The van der Waals surface area contributed by atoms with Gasteiger partial charge in [-0.2, -0.15) is 7.05 Å². The molecule has 1 rings (SSSR count). The highest BCUT2D eigenvalue weighted by molar-refractivity contribution is 5.88. The first-order valence-corrected chi connectivity index (χ1v) is 6.19. The van der Waals surface area contributed by atoms with Gasteiger partial charge >= 0.3 is 0 Å². The van der Waals surface area contributed by atoms with Gasteiger partial charge in [-0.25, -0.2) is 0 Å². The molecular weight excluding hydrogens is 218 g/mol. The lowest BCUT2D eigenvalue weighted by atomic mass is 10.0. The number of carbonyl (C=O) groups excluding carboxylic acids is 2. The molecule has 98 valence electrons. The van der Waals surface area contributed by atoms with Crippen LogP contribution in [0.5, 0.6) is 0 Å². The normalized spacial score (nSPS) is 21.9. The summed E-state index contributed by atoms with van der Waals surface area (Å²) in [5.74, 6) is 0.0230. The van der Waals surface area contributed by atoms with Crippen LogP contribution < -0.4 is 11.1 Å². The minimum absolute atomic E-state index is 0.00463. The minimum Gasteiger partial charge on any atom is -0.469 e. The van der Waals surface area contributed by atoms with Crippen LogP contribution >= 0.6 is 0 Å². The van der Waals surface area contributed by atoms with Gasteiger partial charge in [0.25, 0.3) is 5.91 Å². The van der Waals surface area contributed by atoms with E-state index in [4.69, 9.17) is 5.73 Å². The molecule has 1 heterocycles. The molecule has 0 aliphatic carbocycles. The lowest BCUT2D eigenvalue weighted by molar-refractivity contribution is -0.622. The van der Waals surface area contributed by atoms with Gasteiger partial charge in [-0.05, 0) is 18.8 Å². The number of nitrogens with two attached hydrogens (primary N) is 2. The third-order valence-corrected chi connectivity index (χ3v) is 3.19. The summed E-state index contributed by atoms with van der Waals surface area (Å²) in [6.07, 6.45) is 2.31. The van der Waals surface area contributed by atoms with E-state index in [-0.39, 0.29) is 11.9 Å². The van der Waals surface area contributed by atoms with Gasteiger partial charge in [-0.15, -0.1) is 0 Å². The van der Waals surface area contributed by atoms with Crippen LogP contribution in [0.1, 0.15) is 33.1 Å². The number of rotatable bonds is 5. The summed E-state index contributed by atoms with van der Waals surface area (Å²) >= 11 is 0. The number of likely N-dealkylation sites (tertiary alicyclic amines) is 1. The van der Waals surface area contributed by atoms with Crippen molar-refractivity contribution in [1.82, 2.24) is 4.90 Å². The SMILES string of the molecule is [CH2-][NH2+]C(CC(C)C)C(=O)N1CCCC1C(N)=O. The Balaban J connectivity index is 2.69. The third-order valence-electron chi connectivity index (χ3n) is 3.19. The van der Waals surface area contributed by atoms with Crippen LogP contribution in [0.4, 0.5) is 0 Å². The molecule has 0 saturated carbocycles. The van der Waals surface area contributed by atoms with Crippen molar-refractivity contribution in [2.24, 2.45) is 11.7 Å². The van der Waals surface area contributed by atoms with Crippen LogP contribution in [0.15, 0.2) is 0 Å². The molecule has 1 aliphatic heterocycles. The lowest BCUT2D eigenvalue weighted by Crippen LogP contribution is -2.87. The zero-order valence-electron chi connectivity index (χ0n) is 10.7. The molecule has 1 aliphatic rings. The molecule has 1 fully saturated rings. The van der Waals surface area contributed by atoms with E-state index >= 15 is 0 Å². The zero-order valence-corrected chi connectivity index (χ0v) is 10.7. The molecular formula is C12H23N3O2. The molecule has 17 heavy (non-hydrogen) atoms. The fourth-order valence-corrected chi connectivity index (χ4v) is 2.35. The van der Waals surface area contributed by atoms with Crippen molar-refractivity contribution >= 4 is 11.8 Å². The van der Waals surface area contributed by atoms with Crippen molar-refractivity contribution in [1.29, 1.82) is 0 Å². The van der Waals surface area contributed by atoms with E-state index in [0.29, 0.717) is 18.9 Å². The number of primary amides is 1. The smallest absolute Gasteiger partial charge is 0.279 e. The van der Waals surface area contributed by atoms with E-state index in [2.05, 4.69) is 20.9 Å². The van der Waals surface area contributed by atoms with E-state index in [1.54, 1.807) is 10.2 Å². The molecule has 2 unspecified atom stereocenters. The highest BCUT2D eigenvalue weighted by atomic mass is 16.2. The van der Waals surface area contributed by atoms with Gasteiger partial charge in [0, 0.05) is 13.0 Å². The Morgan fingerprint density at radius 2 is 2.18 bits per heavy atom. The van der Waals surface area contributed by atoms with E-state index in [1.165, 1.54) is 0 Å². The Labute approximate surface area is 103 Å². The van der Waals surface area contributed by atoms with Crippen LogP contribution in [0.3, 0.4) is 0 Å². The van der Waals surface area contributed by atoms with E-state index in [9.17, 15) is 9.59 Å². The van der Waals surface area contributed by atoms with Crippen LogP contribution in [-0.4, -0.2) is 35.3 Å². The summed E-state index contributed by atoms with van der Waals surface area (Å²) < 4.78 is 0. The fraction of sp³-hybridized carbons (Fsp3) is 0.750. The second kappa shape index (κ2) is 6.00. The molecule has 0 radical (unpaired) electrons. The number of hydrogen-bond acceptors (Lipinski definition) is 2. The first kappa shape index (κ1) is 14.0. The molecule has 0 bridgehead atoms. The van der Waals surface area contributed by atoms with Crippen molar-refractivity contribution in [3.8, 4) is 0 Å². The number of quaternary nitrogens is 1. The number of hydrogen-bond donors (Lipinski definition) is 2. The highest BCUT2D eigenvalue weighted by Gasteiger charge is 2.36. The fourth-order valence-electron chi connectivity index (χ4n) is 2.35. The Kier molecular flexibility index (Phi) is 4.93. The summed E-state index contributed by atoms with van der Waals surface area (Å²) in [7, 11) is 3.71. The Morgan fingerprint density at radius 1 is 1.53 bits per heavy atom. The maximum atomic E-state index is 12.3. The first-order valence-electron chi connectivity index (χ1n) is 6.19. The maximum absolute atomic E-state index is 12.3. The topological polar surface area (TPSA) is 80.0 Å². The Bertz CT molecular complexity index is 291. The van der Waals surface area contributed by atoms with Crippen molar-refractivity contribution in [2.45, 2.75) is 45.2 Å². The molecule has 0 aromatic carbocycles. The number of carbonyl (C=O) groups is 2. The molecule has 0 aromatic heterocycles. The van der Waals surface area contributed by atoms with Crippen molar-refractivity contribution < 1.29 is 14.9 Å². The molecule has 5 nitrogen and oxygen atoms in total. The number of nitrogens with zero attached hydrogens (tertiary/aromatic N) is 1. The van der Waals surface area contributed by atoms with Crippen LogP contribution in [0.2, 0.25) is 0 Å². The van der Waals surface area contributed by atoms with E-state index in [0.717, 1.165) is 12.8 Å². The summed E-state index contributed by atoms with van der Waals surface area (Å²) in [5.41, 5.74) is 5.31. The van der Waals surface area contributed by atoms with Gasteiger partial charge in [0.15, 0.2) is 0 Å². The average Bonchev–Trinajstić information content (AvgIpc) is 2.73. The maximum Gasteiger partial charge on any atom is 0.279 e. The second-order valence-electron chi connectivity index (χ2n) is 5.06. The molecule has 2 amide bonds.